The Labute approximate surface area is 131 Å². The van der Waals surface area contributed by atoms with E-state index in [0.29, 0.717) is 6.54 Å². The Bertz CT molecular complexity index is 759. The number of hydrogen-bond acceptors (Lipinski definition) is 1. The summed E-state index contributed by atoms with van der Waals surface area (Å²) in [7, 11) is 1.94. The fraction of sp³-hybridized carbons (Fsp3) is 0.176. The largest absolute Gasteiger partial charge is 0.343 e. The summed E-state index contributed by atoms with van der Waals surface area (Å²) in [6.07, 6.45) is 2.05. The number of rotatable bonds is 4. The van der Waals surface area contributed by atoms with Crippen LogP contribution in [-0.4, -0.2) is 11.6 Å². The fourth-order valence-electron chi connectivity index (χ4n) is 2.58. The van der Waals surface area contributed by atoms with Crippen molar-refractivity contribution in [3.63, 3.8) is 0 Å². The van der Waals surface area contributed by atoms with Gasteiger partial charge in [0.1, 0.15) is 5.82 Å². The maximum absolute atomic E-state index is 13.5. The maximum atomic E-state index is 13.5. The predicted octanol–water partition coefficient (Wildman–Crippen LogP) is 4.31. The highest BCUT2D eigenvalue weighted by Crippen LogP contribution is 2.21. The van der Waals surface area contributed by atoms with Crippen LogP contribution in [0.4, 0.5) is 4.39 Å². The van der Waals surface area contributed by atoms with E-state index in [1.807, 2.05) is 19.3 Å². The third kappa shape index (κ3) is 3.17. The van der Waals surface area contributed by atoms with Crippen molar-refractivity contribution in [2.75, 3.05) is 7.05 Å². The van der Waals surface area contributed by atoms with E-state index in [2.05, 4.69) is 50.1 Å². The van der Waals surface area contributed by atoms with Crippen LogP contribution in [0.5, 0.6) is 0 Å². The molecule has 0 aliphatic heterocycles. The van der Waals surface area contributed by atoms with Crippen LogP contribution in [0.25, 0.3) is 10.9 Å². The van der Waals surface area contributed by atoms with E-state index >= 15 is 0 Å². The lowest BCUT2D eigenvalue weighted by Crippen LogP contribution is -2.05. The summed E-state index contributed by atoms with van der Waals surface area (Å²) >= 11 is 3.34. The molecule has 0 atom stereocenters. The number of hydrogen-bond donors (Lipinski definition) is 1. The zero-order valence-corrected chi connectivity index (χ0v) is 13.3. The van der Waals surface area contributed by atoms with E-state index in [-0.39, 0.29) is 5.82 Å². The molecule has 0 aliphatic rings. The molecule has 1 heterocycles. The minimum Gasteiger partial charge on any atom is -0.343 e. The molecule has 4 heteroatoms. The Balaban J connectivity index is 1.97. The van der Waals surface area contributed by atoms with Crippen molar-refractivity contribution in [3.05, 3.63) is 70.1 Å². The average Bonchev–Trinajstić information content (AvgIpc) is 2.81. The minimum absolute atomic E-state index is 0.216. The van der Waals surface area contributed by atoms with Gasteiger partial charge >= 0.3 is 0 Å². The highest BCUT2D eigenvalue weighted by Gasteiger charge is 2.05. The molecular weight excluding hydrogens is 331 g/mol. The summed E-state index contributed by atoms with van der Waals surface area (Å²) in [6, 6.07) is 13.5. The predicted molar refractivity (Wildman–Crippen MR) is 87.9 cm³/mol. The second-order valence-electron chi connectivity index (χ2n) is 5.14. The van der Waals surface area contributed by atoms with Gasteiger partial charge in [-0.2, -0.15) is 0 Å². The van der Waals surface area contributed by atoms with Crippen molar-refractivity contribution in [2.45, 2.75) is 13.1 Å². The summed E-state index contributed by atoms with van der Waals surface area (Å²) in [5.74, 6) is -0.216. The lowest BCUT2D eigenvalue weighted by Gasteiger charge is -2.08. The van der Waals surface area contributed by atoms with E-state index < -0.39 is 0 Å². The smallest absolute Gasteiger partial charge is 0.124 e. The fourth-order valence-corrected chi connectivity index (χ4v) is 3.09. The van der Waals surface area contributed by atoms with Gasteiger partial charge < -0.3 is 9.88 Å². The van der Waals surface area contributed by atoms with Gasteiger partial charge in [0, 0.05) is 29.3 Å². The van der Waals surface area contributed by atoms with Crippen LogP contribution in [0, 0.1) is 5.82 Å². The molecule has 0 unspecified atom stereocenters. The van der Waals surface area contributed by atoms with Crippen LogP contribution >= 0.6 is 15.9 Å². The van der Waals surface area contributed by atoms with Gasteiger partial charge in [-0.1, -0.05) is 28.1 Å². The quantitative estimate of drug-likeness (QED) is 0.744. The van der Waals surface area contributed by atoms with E-state index in [1.165, 1.54) is 22.5 Å². The van der Waals surface area contributed by atoms with Gasteiger partial charge in [0.05, 0.1) is 0 Å². The van der Waals surface area contributed by atoms with Crippen molar-refractivity contribution in [1.82, 2.24) is 9.88 Å². The van der Waals surface area contributed by atoms with Crippen molar-refractivity contribution in [2.24, 2.45) is 0 Å². The van der Waals surface area contributed by atoms with Gasteiger partial charge in [0.2, 0.25) is 0 Å². The van der Waals surface area contributed by atoms with Crippen LogP contribution in [0.2, 0.25) is 0 Å². The first-order valence-corrected chi connectivity index (χ1v) is 7.62. The maximum Gasteiger partial charge on any atom is 0.124 e. The summed E-state index contributed by atoms with van der Waals surface area (Å²) < 4.78 is 16.4. The molecule has 3 aromatic rings. The van der Waals surface area contributed by atoms with Crippen molar-refractivity contribution in [3.8, 4) is 0 Å². The second-order valence-corrected chi connectivity index (χ2v) is 6.06. The number of aromatic nitrogens is 1. The summed E-state index contributed by atoms with van der Waals surface area (Å²) in [5.41, 5.74) is 3.35. The van der Waals surface area contributed by atoms with Crippen LogP contribution in [0.3, 0.4) is 0 Å². The average molecular weight is 347 g/mol. The number of halogens is 2. The molecule has 0 spiro atoms. The third-order valence-corrected chi connectivity index (χ3v) is 3.95. The number of benzene rings is 2. The molecule has 2 nitrogen and oxygen atoms in total. The standard InChI is InChI=1S/C17H16BrFN2/c1-20-10-12-2-3-14-4-5-21(17(14)8-12)11-13-6-15(18)9-16(19)7-13/h2-9,20H,10-11H2,1H3. The SMILES string of the molecule is CNCc1ccc2ccn(Cc3cc(F)cc(Br)c3)c2c1. The van der Waals surface area contributed by atoms with Crippen LogP contribution < -0.4 is 5.32 Å². The molecule has 2 aromatic carbocycles. The van der Waals surface area contributed by atoms with Gasteiger partial charge in [-0.3, -0.25) is 0 Å². The Hall–Kier alpha value is -1.65. The molecule has 0 saturated heterocycles. The Morgan fingerprint density at radius 1 is 1.10 bits per heavy atom. The van der Waals surface area contributed by atoms with Gasteiger partial charge in [0.25, 0.3) is 0 Å². The van der Waals surface area contributed by atoms with E-state index in [9.17, 15) is 4.39 Å². The van der Waals surface area contributed by atoms with Gasteiger partial charge in [-0.25, -0.2) is 4.39 Å². The molecule has 108 valence electrons. The van der Waals surface area contributed by atoms with E-state index in [1.54, 1.807) is 6.07 Å². The monoisotopic (exact) mass is 346 g/mol. The third-order valence-electron chi connectivity index (χ3n) is 3.49. The van der Waals surface area contributed by atoms with E-state index in [0.717, 1.165) is 16.6 Å². The van der Waals surface area contributed by atoms with E-state index in [4.69, 9.17) is 0 Å². The van der Waals surface area contributed by atoms with Crippen LogP contribution in [0.1, 0.15) is 11.1 Å². The minimum atomic E-state index is -0.216. The molecule has 0 saturated carbocycles. The van der Waals surface area contributed by atoms with Crippen molar-refractivity contribution >= 4 is 26.8 Å². The molecule has 1 aromatic heterocycles. The topological polar surface area (TPSA) is 17.0 Å². The summed E-state index contributed by atoms with van der Waals surface area (Å²) in [4.78, 5) is 0. The van der Waals surface area contributed by atoms with Crippen LogP contribution in [-0.2, 0) is 13.1 Å². The molecule has 0 amide bonds. The molecular formula is C17H16BrFN2. The van der Waals surface area contributed by atoms with Gasteiger partial charge in [-0.15, -0.1) is 0 Å². The molecule has 0 bridgehead atoms. The number of nitrogens with one attached hydrogen (secondary N) is 1. The molecule has 21 heavy (non-hydrogen) atoms. The zero-order valence-electron chi connectivity index (χ0n) is 11.7. The first-order valence-electron chi connectivity index (χ1n) is 6.83. The lowest BCUT2D eigenvalue weighted by atomic mass is 10.1. The molecule has 0 radical (unpaired) electrons. The number of fused-ring (bicyclic) bond motifs is 1. The Morgan fingerprint density at radius 2 is 1.95 bits per heavy atom. The van der Waals surface area contributed by atoms with Crippen molar-refractivity contribution in [1.29, 1.82) is 0 Å². The Kier molecular flexibility index (Phi) is 4.08. The van der Waals surface area contributed by atoms with Crippen LogP contribution in [0.15, 0.2) is 53.1 Å². The zero-order chi connectivity index (χ0) is 14.8. The summed E-state index contributed by atoms with van der Waals surface area (Å²) in [6.45, 7) is 1.50. The normalized spacial score (nSPS) is 11.2. The van der Waals surface area contributed by atoms with Crippen molar-refractivity contribution < 1.29 is 4.39 Å². The van der Waals surface area contributed by atoms with Gasteiger partial charge in [-0.05, 0) is 53.9 Å². The highest BCUT2D eigenvalue weighted by atomic mass is 79.9. The first kappa shape index (κ1) is 14.3. The lowest BCUT2D eigenvalue weighted by molar-refractivity contribution is 0.623. The summed E-state index contributed by atoms with van der Waals surface area (Å²) in [5, 5.41) is 4.36. The second kappa shape index (κ2) is 6.00. The highest BCUT2D eigenvalue weighted by molar-refractivity contribution is 9.10. The van der Waals surface area contributed by atoms with Gasteiger partial charge in [0.15, 0.2) is 0 Å². The molecule has 0 fully saturated rings. The Morgan fingerprint density at radius 3 is 2.71 bits per heavy atom. The molecule has 0 aliphatic carbocycles. The first-order chi connectivity index (χ1) is 10.2. The molecule has 3 rings (SSSR count). The number of nitrogens with zero attached hydrogens (tertiary/aromatic N) is 1. The molecule has 1 N–H and O–H groups in total.